The lowest BCUT2D eigenvalue weighted by Crippen LogP contribution is -2.42. The first-order valence-electron chi connectivity index (χ1n) is 9.42. The van der Waals surface area contributed by atoms with E-state index in [-0.39, 0.29) is 12.0 Å². The van der Waals surface area contributed by atoms with Crippen molar-refractivity contribution in [1.82, 2.24) is 25.1 Å². The molecule has 29 heavy (non-hydrogen) atoms. The van der Waals surface area contributed by atoms with Crippen LogP contribution in [-0.4, -0.2) is 50.7 Å². The van der Waals surface area contributed by atoms with Crippen LogP contribution in [0.3, 0.4) is 0 Å². The summed E-state index contributed by atoms with van der Waals surface area (Å²) in [6, 6.07) is 3.85. The van der Waals surface area contributed by atoms with Crippen molar-refractivity contribution < 1.29 is 13.9 Å². The van der Waals surface area contributed by atoms with Crippen molar-refractivity contribution in [2.75, 3.05) is 25.0 Å². The second kappa shape index (κ2) is 8.26. The molecule has 10 heteroatoms. The molecule has 0 spiro atoms. The second-order valence-corrected chi connectivity index (χ2v) is 7.61. The summed E-state index contributed by atoms with van der Waals surface area (Å²) in [5.74, 6) is 0.713. The summed E-state index contributed by atoms with van der Waals surface area (Å²) < 4.78 is 11.6. The Hall–Kier alpha value is -2.85. The van der Waals surface area contributed by atoms with Crippen LogP contribution in [0, 0.1) is 13.8 Å². The van der Waals surface area contributed by atoms with Crippen LogP contribution < -0.4 is 5.32 Å². The van der Waals surface area contributed by atoms with E-state index in [1.807, 2.05) is 26.0 Å². The number of carbonyl (C=O) groups excluding carboxylic acids is 1. The average Bonchev–Trinajstić information content (AvgIpc) is 3.36. The number of nitrogens with one attached hydrogen (secondary N) is 1. The van der Waals surface area contributed by atoms with E-state index in [1.54, 1.807) is 17.3 Å². The molecule has 0 radical (unpaired) electrons. The van der Waals surface area contributed by atoms with Gasteiger partial charge in [0, 0.05) is 24.3 Å². The normalized spacial score (nSPS) is 16.8. The van der Waals surface area contributed by atoms with E-state index < -0.39 is 0 Å². The number of hydrogen-bond acceptors (Lipinski definition) is 9. The molecule has 0 saturated carbocycles. The van der Waals surface area contributed by atoms with Gasteiger partial charge in [-0.15, -0.1) is 10.2 Å². The number of oxazole rings is 1. The van der Waals surface area contributed by atoms with Crippen molar-refractivity contribution in [3.05, 3.63) is 46.4 Å². The van der Waals surface area contributed by atoms with E-state index in [9.17, 15) is 4.79 Å². The van der Waals surface area contributed by atoms with E-state index in [0.717, 1.165) is 17.1 Å². The predicted octanol–water partition coefficient (Wildman–Crippen LogP) is 3.06. The minimum Gasteiger partial charge on any atom is -0.435 e. The zero-order valence-corrected chi connectivity index (χ0v) is 17.3. The van der Waals surface area contributed by atoms with Crippen molar-refractivity contribution >= 4 is 28.1 Å². The standard InChI is InChI=1S/C19H22N6O3S/c1-4-16-22-12(3)17(28-16)18(26)25-5-6-27-15(9-25)14-8-13(7-11(2)21-14)23-19-24-20-10-29-19/h7-8,10,15H,4-6,9H2,1-3H3,(H,21,23,24). The van der Waals surface area contributed by atoms with E-state index in [4.69, 9.17) is 9.15 Å². The molecule has 1 aliphatic rings. The number of pyridine rings is 1. The number of anilines is 2. The third-order valence-corrected chi connectivity index (χ3v) is 5.21. The highest BCUT2D eigenvalue weighted by Gasteiger charge is 2.30. The molecule has 1 atom stereocenters. The fourth-order valence-electron chi connectivity index (χ4n) is 3.24. The molecule has 152 valence electrons. The van der Waals surface area contributed by atoms with Crippen molar-refractivity contribution in [2.45, 2.75) is 33.3 Å². The van der Waals surface area contributed by atoms with Gasteiger partial charge in [0.25, 0.3) is 5.91 Å². The van der Waals surface area contributed by atoms with Gasteiger partial charge in [-0.3, -0.25) is 9.78 Å². The highest BCUT2D eigenvalue weighted by molar-refractivity contribution is 7.13. The van der Waals surface area contributed by atoms with Crippen LogP contribution in [0.15, 0.2) is 22.1 Å². The summed E-state index contributed by atoms with van der Waals surface area (Å²) in [4.78, 5) is 23.6. The summed E-state index contributed by atoms with van der Waals surface area (Å²) in [5, 5.41) is 11.8. The smallest absolute Gasteiger partial charge is 0.291 e. The Morgan fingerprint density at radius 2 is 2.21 bits per heavy atom. The van der Waals surface area contributed by atoms with Gasteiger partial charge in [0.2, 0.25) is 10.9 Å². The Morgan fingerprint density at radius 3 is 2.93 bits per heavy atom. The van der Waals surface area contributed by atoms with Crippen LogP contribution in [0.25, 0.3) is 0 Å². The Bertz CT molecular complexity index is 1000. The Labute approximate surface area is 172 Å². The van der Waals surface area contributed by atoms with E-state index in [0.29, 0.717) is 48.6 Å². The van der Waals surface area contributed by atoms with Crippen LogP contribution in [0.1, 0.15) is 46.6 Å². The Balaban J connectivity index is 1.52. The van der Waals surface area contributed by atoms with Crippen LogP contribution >= 0.6 is 11.3 Å². The maximum Gasteiger partial charge on any atom is 0.291 e. The molecule has 0 aliphatic carbocycles. The van der Waals surface area contributed by atoms with Crippen molar-refractivity contribution in [1.29, 1.82) is 0 Å². The average molecular weight is 414 g/mol. The molecule has 1 fully saturated rings. The minimum absolute atomic E-state index is 0.164. The SMILES string of the molecule is CCc1nc(C)c(C(=O)N2CCOC(c3cc(Nc4nncs4)cc(C)n3)C2)o1. The number of hydrogen-bond donors (Lipinski definition) is 1. The van der Waals surface area contributed by atoms with Gasteiger partial charge in [0.1, 0.15) is 11.6 Å². The van der Waals surface area contributed by atoms with E-state index in [2.05, 4.69) is 25.5 Å². The van der Waals surface area contributed by atoms with Gasteiger partial charge in [-0.05, 0) is 26.0 Å². The number of nitrogens with zero attached hydrogens (tertiary/aromatic N) is 5. The van der Waals surface area contributed by atoms with Gasteiger partial charge >= 0.3 is 0 Å². The molecule has 1 N–H and O–H groups in total. The molecule has 0 aromatic carbocycles. The van der Waals surface area contributed by atoms with Crippen LogP contribution in [0.4, 0.5) is 10.8 Å². The highest BCUT2D eigenvalue weighted by atomic mass is 32.1. The Morgan fingerprint density at radius 1 is 1.34 bits per heavy atom. The van der Waals surface area contributed by atoms with Crippen LogP contribution in [-0.2, 0) is 11.2 Å². The molecule has 1 saturated heterocycles. The second-order valence-electron chi connectivity index (χ2n) is 6.78. The van der Waals surface area contributed by atoms with Crippen LogP contribution in [0.5, 0.6) is 0 Å². The van der Waals surface area contributed by atoms with Crippen molar-refractivity contribution in [3.8, 4) is 0 Å². The van der Waals surface area contributed by atoms with Gasteiger partial charge < -0.3 is 19.4 Å². The van der Waals surface area contributed by atoms with E-state index in [1.165, 1.54) is 11.3 Å². The monoisotopic (exact) mass is 414 g/mol. The zero-order chi connectivity index (χ0) is 20.4. The summed E-state index contributed by atoms with van der Waals surface area (Å²) in [6.07, 6.45) is 0.328. The quantitative estimate of drug-likeness (QED) is 0.679. The summed E-state index contributed by atoms with van der Waals surface area (Å²) in [6.45, 7) is 6.99. The van der Waals surface area contributed by atoms with Gasteiger partial charge in [-0.1, -0.05) is 18.3 Å². The number of aryl methyl sites for hydroxylation is 3. The third-order valence-electron chi connectivity index (χ3n) is 4.61. The molecule has 3 aromatic rings. The number of morpholine rings is 1. The summed E-state index contributed by atoms with van der Waals surface area (Å²) in [5.41, 5.74) is 4.75. The first-order valence-corrected chi connectivity index (χ1v) is 10.3. The lowest BCUT2D eigenvalue weighted by atomic mass is 10.1. The predicted molar refractivity (Wildman–Crippen MR) is 107 cm³/mol. The summed E-state index contributed by atoms with van der Waals surface area (Å²) >= 11 is 1.42. The zero-order valence-electron chi connectivity index (χ0n) is 16.5. The molecule has 1 unspecified atom stereocenters. The number of amides is 1. The molecule has 1 aliphatic heterocycles. The topological polar surface area (TPSA) is 106 Å². The highest BCUT2D eigenvalue weighted by Crippen LogP contribution is 2.27. The number of ether oxygens (including phenoxy) is 1. The van der Waals surface area contributed by atoms with Crippen molar-refractivity contribution in [3.63, 3.8) is 0 Å². The van der Waals surface area contributed by atoms with Crippen LogP contribution in [0.2, 0.25) is 0 Å². The molecular formula is C19H22N6O3S. The fraction of sp³-hybridized carbons (Fsp3) is 0.421. The molecule has 0 bridgehead atoms. The van der Waals surface area contributed by atoms with Crippen molar-refractivity contribution in [2.24, 2.45) is 0 Å². The lowest BCUT2D eigenvalue weighted by Gasteiger charge is -2.32. The molecular weight excluding hydrogens is 392 g/mol. The largest absolute Gasteiger partial charge is 0.435 e. The minimum atomic E-state index is -0.323. The molecule has 9 nitrogen and oxygen atoms in total. The number of aromatic nitrogens is 4. The van der Waals surface area contributed by atoms with E-state index >= 15 is 0 Å². The van der Waals surface area contributed by atoms with Gasteiger partial charge in [-0.2, -0.15) is 0 Å². The fourth-order valence-corrected chi connectivity index (χ4v) is 3.71. The first-order chi connectivity index (χ1) is 14.0. The maximum absolute atomic E-state index is 13.0. The number of rotatable bonds is 5. The first kappa shape index (κ1) is 19.5. The van der Waals surface area contributed by atoms with Gasteiger partial charge in [0.15, 0.2) is 5.89 Å². The third kappa shape index (κ3) is 4.28. The molecule has 1 amide bonds. The Kier molecular flexibility index (Phi) is 5.54. The molecule has 3 aromatic heterocycles. The summed E-state index contributed by atoms with van der Waals surface area (Å²) in [7, 11) is 0. The maximum atomic E-state index is 13.0. The lowest BCUT2D eigenvalue weighted by molar-refractivity contribution is -0.0257. The number of carbonyl (C=O) groups is 1. The van der Waals surface area contributed by atoms with Gasteiger partial charge in [-0.25, -0.2) is 4.98 Å². The van der Waals surface area contributed by atoms with Gasteiger partial charge in [0.05, 0.1) is 24.5 Å². The molecule has 4 heterocycles. The molecule has 4 rings (SSSR count).